The van der Waals surface area contributed by atoms with E-state index in [1.165, 1.54) is 23.1 Å². The van der Waals surface area contributed by atoms with E-state index < -0.39 is 32.7 Å². The van der Waals surface area contributed by atoms with Crippen molar-refractivity contribution in [3.63, 3.8) is 0 Å². The number of benzene rings is 2. The predicted octanol–water partition coefficient (Wildman–Crippen LogP) is 2.05. The van der Waals surface area contributed by atoms with Gasteiger partial charge in [0.2, 0.25) is 15.9 Å². The number of carbonyl (C=O) groups excluding carboxylic acids is 1. The molecule has 0 saturated heterocycles. The Morgan fingerprint density at radius 2 is 1.90 bits per heavy atom. The fourth-order valence-electron chi connectivity index (χ4n) is 2.87. The first-order valence-electron chi connectivity index (χ1n) is 9.11. The van der Waals surface area contributed by atoms with Crippen LogP contribution >= 0.6 is 0 Å². The highest BCUT2D eigenvalue weighted by atomic mass is 32.2. The molecule has 3 rings (SSSR count). The Morgan fingerprint density at radius 1 is 1.17 bits per heavy atom. The Labute approximate surface area is 173 Å². The van der Waals surface area contributed by atoms with Crippen molar-refractivity contribution < 1.29 is 17.6 Å². The van der Waals surface area contributed by atoms with Crippen molar-refractivity contribution in [3.8, 4) is 5.69 Å². The van der Waals surface area contributed by atoms with Crippen molar-refractivity contribution in [3.05, 3.63) is 60.2 Å². The van der Waals surface area contributed by atoms with Crippen molar-refractivity contribution in [1.82, 2.24) is 24.9 Å². The van der Waals surface area contributed by atoms with Crippen LogP contribution in [0.25, 0.3) is 5.69 Å². The van der Waals surface area contributed by atoms with Crippen LogP contribution in [0.3, 0.4) is 0 Å². The number of hydrogen-bond donors (Lipinski definition) is 2. The van der Waals surface area contributed by atoms with Crippen molar-refractivity contribution in [2.75, 3.05) is 5.32 Å². The van der Waals surface area contributed by atoms with Crippen molar-refractivity contribution in [2.45, 2.75) is 31.7 Å². The molecule has 11 heteroatoms. The normalized spacial score (nSPS) is 12.7. The summed E-state index contributed by atoms with van der Waals surface area (Å²) in [7, 11) is -4.23. The topological polar surface area (TPSA) is 119 Å². The molecule has 0 radical (unpaired) electrons. The molecule has 0 saturated carbocycles. The number of nitrogens with zero attached hydrogens (tertiary/aromatic N) is 4. The second kappa shape index (κ2) is 8.67. The van der Waals surface area contributed by atoms with Crippen LogP contribution in [-0.2, 0) is 14.8 Å². The van der Waals surface area contributed by atoms with E-state index in [1.54, 1.807) is 32.0 Å². The van der Waals surface area contributed by atoms with E-state index in [9.17, 15) is 17.6 Å². The first-order chi connectivity index (χ1) is 14.2. The molecule has 1 heterocycles. The summed E-state index contributed by atoms with van der Waals surface area (Å²) >= 11 is 0. The quantitative estimate of drug-likeness (QED) is 0.590. The Morgan fingerprint density at radius 3 is 2.50 bits per heavy atom. The van der Waals surface area contributed by atoms with Gasteiger partial charge in [-0.2, -0.15) is 4.72 Å². The van der Waals surface area contributed by atoms with Crippen LogP contribution in [0.2, 0.25) is 0 Å². The van der Waals surface area contributed by atoms with Crippen LogP contribution in [0.15, 0.2) is 53.7 Å². The lowest BCUT2D eigenvalue weighted by atomic mass is 10.0. The Kier molecular flexibility index (Phi) is 6.22. The number of aryl methyl sites for hydroxylation is 1. The van der Waals surface area contributed by atoms with Gasteiger partial charge in [-0.1, -0.05) is 26.0 Å². The van der Waals surface area contributed by atoms with E-state index in [0.29, 0.717) is 5.69 Å². The van der Waals surface area contributed by atoms with E-state index in [2.05, 4.69) is 25.6 Å². The Balaban J connectivity index is 1.80. The molecule has 0 aliphatic carbocycles. The first-order valence-corrected chi connectivity index (χ1v) is 10.6. The molecule has 1 aromatic heterocycles. The third-order valence-corrected chi connectivity index (χ3v) is 5.89. The molecule has 0 spiro atoms. The third kappa shape index (κ3) is 4.69. The number of aromatic nitrogens is 4. The molecule has 1 amide bonds. The molecule has 9 nitrogen and oxygen atoms in total. The molecule has 2 N–H and O–H groups in total. The van der Waals surface area contributed by atoms with Crippen molar-refractivity contribution in [2.24, 2.45) is 5.92 Å². The van der Waals surface area contributed by atoms with Gasteiger partial charge in [-0.25, -0.2) is 17.5 Å². The number of rotatable bonds is 7. The SMILES string of the molecule is Cc1cc(NC(=O)[C@@H](NS(=O)(=O)c2ccccc2F)C(C)C)ccc1-n1cnnn1. The van der Waals surface area contributed by atoms with Gasteiger partial charge < -0.3 is 5.32 Å². The van der Waals surface area contributed by atoms with E-state index in [4.69, 9.17) is 0 Å². The molecule has 3 aromatic rings. The molecule has 0 aliphatic rings. The average molecular weight is 432 g/mol. The van der Waals surface area contributed by atoms with Gasteiger partial charge in [-0.15, -0.1) is 5.10 Å². The van der Waals surface area contributed by atoms with E-state index in [-0.39, 0.29) is 5.92 Å². The minimum absolute atomic E-state index is 0.381. The molecule has 2 aromatic carbocycles. The van der Waals surface area contributed by atoms with Gasteiger partial charge in [0.05, 0.1) is 5.69 Å². The molecule has 0 aliphatic heterocycles. The molecule has 30 heavy (non-hydrogen) atoms. The summed E-state index contributed by atoms with van der Waals surface area (Å²) in [5, 5.41) is 13.7. The average Bonchev–Trinajstić information content (AvgIpc) is 3.20. The highest BCUT2D eigenvalue weighted by Gasteiger charge is 2.30. The Hall–Kier alpha value is -3.18. The summed E-state index contributed by atoms with van der Waals surface area (Å²) in [5.41, 5.74) is 2.01. The maximum Gasteiger partial charge on any atom is 0.244 e. The molecule has 158 valence electrons. The van der Waals surface area contributed by atoms with Crippen LogP contribution in [-0.4, -0.2) is 40.6 Å². The zero-order valence-electron chi connectivity index (χ0n) is 16.6. The lowest BCUT2D eigenvalue weighted by Gasteiger charge is -2.22. The summed E-state index contributed by atoms with van der Waals surface area (Å²) in [6.07, 6.45) is 1.45. The number of amides is 1. The number of tetrazole rings is 1. The molecule has 0 unspecified atom stereocenters. The lowest BCUT2D eigenvalue weighted by molar-refractivity contribution is -0.118. The summed E-state index contributed by atoms with van der Waals surface area (Å²) in [6.45, 7) is 5.22. The summed E-state index contributed by atoms with van der Waals surface area (Å²) < 4.78 is 42.9. The number of carbonyl (C=O) groups is 1. The second-order valence-corrected chi connectivity index (χ2v) is 8.70. The zero-order chi connectivity index (χ0) is 21.9. The monoisotopic (exact) mass is 432 g/mol. The van der Waals surface area contributed by atoms with Crippen LogP contribution in [0, 0.1) is 18.7 Å². The van der Waals surface area contributed by atoms with Crippen LogP contribution in [0.4, 0.5) is 10.1 Å². The highest BCUT2D eigenvalue weighted by molar-refractivity contribution is 7.89. The summed E-state index contributed by atoms with van der Waals surface area (Å²) in [4.78, 5) is 12.3. The van der Waals surface area contributed by atoms with E-state index >= 15 is 0 Å². The van der Waals surface area contributed by atoms with Gasteiger partial charge in [0.15, 0.2) is 0 Å². The first kappa shape index (κ1) is 21.5. The summed E-state index contributed by atoms with van der Waals surface area (Å²) in [5.74, 6) is -1.82. The number of hydrogen-bond acceptors (Lipinski definition) is 6. The molecular formula is C19H21FN6O3S. The van der Waals surface area contributed by atoms with Gasteiger partial charge >= 0.3 is 0 Å². The van der Waals surface area contributed by atoms with Crippen molar-refractivity contribution >= 4 is 21.6 Å². The maximum atomic E-state index is 13.9. The maximum absolute atomic E-state index is 13.9. The van der Waals surface area contributed by atoms with E-state index in [1.807, 2.05) is 6.92 Å². The second-order valence-electron chi connectivity index (χ2n) is 7.02. The number of halogens is 1. The molecule has 1 atom stereocenters. The number of anilines is 1. The number of nitrogens with one attached hydrogen (secondary N) is 2. The van der Waals surface area contributed by atoms with Gasteiger partial charge in [0.25, 0.3) is 0 Å². The largest absolute Gasteiger partial charge is 0.325 e. The smallest absolute Gasteiger partial charge is 0.244 e. The number of sulfonamides is 1. The third-order valence-electron chi connectivity index (χ3n) is 4.42. The summed E-state index contributed by atoms with van der Waals surface area (Å²) in [6, 6.07) is 9.01. The highest BCUT2D eigenvalue weighted by Crippen LogP contribution is 2.20. The van der Waals surface area contributed by atoms with Crippen LogP contribution in [0.5, 0.6) is 0 Å². The fourth-order valence-corrected chi connectivity index (χ4v) is 4.29. The molecule has 0 bridgehead atoms. The lowest BCUT2D eigenvalue weighted by Crippen LogP contribution is -2.47. The van der Waals surface area contributed by atoms with Gasteiger partial charge in [-0.3, -0.25) is 4.79 Å². The van der Waals surface area contributed by atoms with E-state index in [0.717, 1.165) is 23.4 Å². The fraction of sp³-hybridized carbons (Fsp3) is 0.263. The van der Waals surface area contributed by atoms with Gasteiger partial charge in [0.1, 0.15) is 23.1 Å². The van der Waals surface area contributed by atoms with Gasteiger partial charge in [0, 0.05) is 5.69 Å². The molecule has 0 fully saturated rings. The van der Waals surface area contributed by atoms with Crippen LogP contribution < -0.4 is 10.0 Å². The molecular weight excluding hydrogens is 411 g/mol. The standard InChI is InChI=1S/C19H21FN6O3S/c1-12(2)18(23-30(28,29)17-7-5-4-6-15(17)20)19(27)22-14-8-9-16(13(3)10-14)26-11-21-24-25-26/h4-12,18,23H,1-3H3,(H,22,27)/t18-/m0/s1. The predicted molar refractivity (Wildman–Crippen MR) is 108 cm³/mol. The van der Waals surface area contributed by atoms with Gasteiger partial charge in [-0.05, 0) is 59.2 Å². The minimum atomic E-state index is -4.23. The van der Waals surface area contributed by atoms with Crippen molar-refractivity contribution in [1.29, 1.82) is 0 Å². The minimum Gasteiger partial charge on any atom is -0.325 e. The zero-order valence-corrected chi connectivity index (χ0v) is 17.4. The Bertz CT molecular complexity index is 1150. The van der Waals surface area contributed by atoms with Crippen LogP contribution in [0.1, 0.15) is 19.4 Å².